The molecule has 1 aromatic carbocycles. The van der Waals surface area contributed by atoms with Crippen molar-refractivity contribution in [1.29, 1.82) is 0 Å². The molecule has 1 nitrogen and oxygen atoms in total. The van der Waals surface area contributed by atoms with Crippen LogP contribution in [0.2, 0.25) is 0 Å². The summed E-state index contributed by atoms with van der Waals surface area (Å²) in [5.41, 5.74) is 5.98. The lowest BCUT2D eigenvalue weighted by molar-refractivity contribution is 0.410. The van der Waals surface area contributed by atoms with Gasteiger partial charge in [0.25, 0.3) is 0 Å². The SMILES string of the molecule is Cl.NC(c1c(F)cccc1F)C1CCCC1. The lowest BCUT2D eigenvalue weighted by Crippen LogP contribution is -2.21. The summed E-state index contributed by atoms with van der Waals surface area (Å²) >= 11 is 0. The van der Waals surface area contributed by atoms with Gasteiger partial charge in [-0.05, 0) is 30.9 Å². The fourth-order valence-electron chi connectivity index (χ4n) is 2.38. The minimum absolute atomic E-state index is 0. The number of nitrogens with two attached hydrogens (primary N) is 1. The molecule has 90 valence electrons. The average Bonchev–Trinajstić information content (AvgIpc) is 2.69. The van der Waals surface area contributed by atoms with E-state index in [2.05, 4.69) is 0 Å². The van der Waals surface area contributed by atoms with E-state index in [1.807, 2.05) is 0 Å². The van der Waals surface area contributed by atoms with Gasteiger partial charge in [0.2, 0.25) is 0 Å². The highest BCUT2D eigenvalue weighted by Crippen LogP contribution is 2.35. The van der Waals surface area contributed by atoms with E-state index < -0.39 is 17.7 Å². The predicted molar refractivity (Wildman–Crippen MR) is 62.5 cm³/mol. The molecule has 2 rings (SSSR count). The number of halogens is 3. The van der Waals surface area contributed by atoms with Gasteiger partial charge < -0.3 is 5.73 Å². The van der Waals surface area contributed by atoms with Gasteiger partial charge in [-0.1, -0.05) is 18.9 Å². The molecule has 0 spiro atoms. The molecule has 1 atom stereocenters. The molecule has 4 heteroatoms. The minimum Gasteiger partial charge on any atom is -0.324 e. The van der Waals surface area contributed by atoms with Gasteiger partial charge in [-0.25, -0.2) is 8.78 Å². The van der Waals surface area contributed by atoms with Crippen molar-refractivity contribution in [3.8, 4) is 0 Å². The number of benzene rings is 1. The van der Waals surface area contributed by atoms with E-state index in [-0.39, 0.29) is 23.9 Å². The van der Waals surface area contributed by atoms with Crippen molar-refractivity contribution in [3.05, 3.63) is 35.4 Å². The highest BCUT2D eigenvalue weighted by molar-refractivity contribution is 5.85. The normalized spacial score (nSPS) is 18.2. The molecule has 16 heavy (non-hydrogen) atoms. The molecular weight excluding hydrogens is 232 g/mol. The Morgan fingerprint density at radius 2 is 1.62 bits per heavy atom. The van der Waals surface area contributed by atoms with E-state index in [0.29, 0.717) is 0 Å². The summed E-state index contributed by atoms with van der Waals surface area (Å²) in [5, 5.41) is 0. The van der Waals surface area contributed by atoms with Crippen LogP contribution in [0.5, 0.6) is 0 Å². The van der Waals surface area contributed by atoms with Crippen molar-refractivity contribution in [2.24, 2.45) is 11.7 Å². The summed E-state index contributed by atoms with van der Waals surface area (Å²) < 4.78 is 26.9. The minimum atomic E-state index is -0.519. The van der Waals surface area contributed by atoms with Crippen LogP contribution in [0.15, 0.2) is 18.2 Å². The topological polar surface area (TPSA) is 26.0 Å². The maximum atomic E-state index is 13.4. The number of hydrogen-bond acceptors (Lipinski definition) is 1. The monoisotopic (exact) mass is 247 g/mol. The molecule has 1 aliphatic carbocycles. The van der Waals surface area contributed by atoms with Crippen LogP contribution in [-0.2, 0) is 0 Å². The third-order valence-electron chi connectivity index (χ3n) is 3.24. The molecule has 1 aliphatic rings. The highest BCUT2D eigenvalue weighted by Gasteiger charge is 2.27. The van der Waals surface area contributed by atoms with Gasteiger partial charge in [0, 0.05) is 11.6 Å². The Kier molecular flexibility index (Phi) is 4.69. The Hall–Kier alpha value is -0.670. The van der Waals surface area contributed by atoms with Crippen LogP contribution < -0.4 is 5.73 Å². The van der Waals surface area contributed by atoms with Crippen molar-refractivity contribution in [1.82, 2.24) is 0 Å². The first-order chi connectivity index (χ1) is 7.20. The average molecular weight is 248 g/mol. The van der Waals surface area contributed by atoms with Crippen molar-refractivity contribution in [2.45, 2.75) is 31.7 Å². The number of rotatable bonds is 2. The summed E-state index contributed by atoms with van der Waals surface area (Å²) in [5.74, 6) is -0.805. The van der Waals surface area contributed by atoms with Crippen molar-refractivity contribution in [2.75, 3.05) is 0 Å². The first-order valence-corrected chi connectivity index (χ1v) is 5.39. The van der Waals surface area contributed by atoms with Crippen molar-refractivity contribution in [3.63, 3.8) is 0 Å². The fraction of sp³-hybridized carbons (Fsp3) is 0.500. The summed E-state index contributed by atoms with van der Waals surface area (Å²) in [6.45, 7) is 0. The van der Waals surface area contributed by atoms with E-state index in [9.17, 15) is 8.78 Å². The lowest BCUT2D eigenvalue weighted by Gasteiger charge is -2.20. The smallest absolute Gasteiger partial charge is 0.130 e. The molecule has 1 unspecified atom stereocenters. The molecule has 0 radical (unpaired) electrons. The van der Waals surface area contributed by atoms with Crippen molar-refractivity contribution >= 4 is 12.4 Å². The predicted octanol–water partition coefficient (Wildman–Crippen LogP) is 3.58. The van der Waals surface area contributed by atoms with Crippen LogP contribution in [-0.4, -0.2) is 0 Å². The Morgan fingerprint density at radius 3 is 2.12 bits per heavy atom. The van der Waals surface area contributed by atoms with E-state index in [0.717, 1.165) is 25.7 Å². The molecule has 1 fully saturated rings. The second-order valence-corrected chi connectivity index (χ2v) is 4.21. The summed E-state index contributed by atoms with van der Waals surface area (Å²) in [6.07, 6.45) is 4.20. The molecule has 1 saturated carbocycles. The molecule has 0 aromatic heterocycles. The maximum Gasteiger partial charge on any atom is 0.130 e. The zero-order chi connectivity index (χ0) is 10.8. The van der Waals surface area contributed by atoms with Gasteiger partial charge in [-0.15, -0.1) is 12.4 Å². The molecule has 1 aromatic rings. The maximum absolute atomic E-state index is 13.4. The van der Waals surface area contributed by atoms with Gasteiger partial charge >= 0.3 is 0 Å². The highest BCUT2D eigenvalue weighted by atomic mass is 35.5. The Labute approximate surface area is 100 Å². The second-order valence-electron chi connectivity index (χ2n) is 4.21. The van der Waals surface area contributed by atoms with Gasteiger partial charge in [-0.3, -0.25) is 0 Å². The van der Waals surface area contributed by atoms with Crippen LogP contribution in [0.4, 0.5) is 8.78 Å². The summed E-state index contributed by atoms with van der Waals surface area (Å²) in [6, 6.07) is 3.42. The molecule has 0 heterocycles. The zero-order valence-corrected chi connectivity index (χ0v) is 9.77. The van der Waals surface area contributed by atoms with Crippen LogP contribution in [0.25, 0.3) is 0 Å². The first kappa shape index (κ1) is 13.4. The van der Waals surface area contributed by atoms with E-state index in [1.165, 1.54) is 18.2 Å². The van der Waals surface area contributed by atoms with Crippen LogP contribution in [0.1, 0.15) is 37.3 Å². The van der Waals surface area contributed by atoms with Gasteiger partial charge in [0.05, 0.1) is 0 Å². The Morgan fingerprint density at radius 1 is 1.12 bits per heavy atom. The number of hydrogen-bond donors (Lipinski definition) is 1. The molecular formula is C12H16ClF2N. The fourth-order valence-corrected chi connectivity index (χ4v) is 2.38. The second kappa shape index (κ2) is 5.60. The standard InChI is InChI=1S/C12H15F2N.ClH/c13-9-6-3-7-10(14)11(9)12(15)8-4-1-2-5-8;/h3,6-8,12H,1-2,4-5,15H2;1H. The molecule has 0 amide bonds. The third-order valence-corrected chi connectivity index (χ3v) is 3.24. The van der Waals surface area contributed by atoms with E-state index in [4.69, 9.17) is 5.73 Å². The Bertz CT molecular complexity index is 331. The first-order valence-electron chi connectivity index (χ1n) is 5.39. The third kappa shape index (κ3) is 2.53. The van der Waals surface area contributed by atoms with E-state index >= 15 is 0 Å². The summed E-state index contributed by atoms with van der Waals surface area (Å²) in [4.78, 5) is 0. The molecule has 0 bridgehead atoms. The summed E-state index contributed by atoms with van der Waals surface area (Å²) in [7, 11) is 0. The molecule has 2 N–H and O–H groups in total. The zero-order valence-electron chi connectivity index (χ0n) is 8.96. The van der Waals surface area contributed by atoms with Crippen molar-refractivity contribution < 1.29 is 8.78 Å². The van der Waals surface area contributed by atoms with Crippen LogP contribution in [0, 0.1) is 17.6 Å². The Balaban J connectivity index is 0.00000128. The largest absolute Gasteiger partial charge is 0.324 e. The molecule has 0 aliphatic heterocycles. The van der Waals surface area contributed by atoms with E-state index in [1.54, 1.807) is 0 Å². The quantitative estimate of drug-likeness (QED) is 0.850. The van der Waals surface area contributed by atoms with Gasteiger partial charge in [0.15, 0.2) is 0 Å². The lowest BCUT2D eigenvalue weighted by atomic mass is 9.92. The molecule has 0 saturated heterocycles. The van der Waals surface area contributed by atoms with Crippen LogP contribution in [0.3, 0.4) is 0 Å². The van der Waals surface area contributed by atoms with Gasteiger partial charge in [0.1, 0.15) is 11.6 Å². The van der Waals surface area contributed by atoms with Crippen LogP contribution >= 0.6 is 12.4 Å². The van der Waals surface area contributed by atoms with Gasteiger partial charge in [-0.2, -0.15) is 0 Å².